The fourth-order valence-corrected chi connectivity index (χ4v) is 3.26. The second kappa shape index (κ2) is 8.78. The summed E-state index contributed by atoms with van der Waals surface area (Å²) in [4.78, 5) is 38.3. The fraction of sp³-hybridized carbons (Fsp3) is 0.227. The minimum absolute atomic E-state index is 0.146. The van der Waals surface area contributed by atoms with E-state index in [2.05, 4.69) is 30.7 Å². The maximum Gasteiger partial charge on any atom is 0.277 e. The molecule has 0 aliphatic rings. The molecule has 0 spiro atoms. The Morgan fingerprint density at radius 2 is 1.84 bits per heavy atom. The van der Waals surface area contributed by atoms with E-state index in [9.17, 15) is 9.59 Å². The number of aromatic nitrogens is 5. The zero-order valence-electron chi connectivity index (χ0n) is 17.3. The van der Waals surface area contributed by atoms with Crippen LogP contribution in [0.25, 0.3) is 5.78 Å². The summed E-state index contributed by atoms with van der Waals surface area (Å²) in [6.45, 7) is 4.17. The Morgan fingerprint density at radius 1 is 1.03 bits per heavy atom. The van der Waals surface area contributed by atoms with Gasteiger partial charge >= 0.3 is 0 Å². The predicted molar refractivity (Wildman–Crippen MR) is 118 cm³/mol. The van der Waals surface area contributed by atoms with Crippen molar-refractivity contribution in [1.29, 1.82) is 0 Å². The molecular formula is C22H23N7O2. The van der Waals surface area contributed by atoms with E-state index in [1.165, 1.54) is 4.52 Å². The molecule has 9 heteroatoms. The SMILES string of the molecule is Cc1cccc(NC(=O)CCc2c(C)nc3nc(NCc4ccccc4)[nH]n3c2=O)n1. The number of benzene rings is 1. The lowest BCUT2D eigenvalue weighted by molar-refractivity contribution is -0.116. The average molecular weight is 417 g/mol. The molecule has 0 saturated carbocycles. The van der Waals surface area contributed by atoms with Gasteiger partial charge in [-0.05, 0) is 38.0 Å². The molecule has 9 nitrogen and oxygen atoms in total. The average Bonchev–Trinajstić information content (AvgIpc) is 3.16. The van der Waals surface area contributed by atoms with Crippen molar-refractivity contribution in [1.82, 2.24) is 24.6 Å². The number of aromatic amines is 1. The maximum absolute atomic E-state index is 12.9. The molecule has 4 aromatic rings. The summed E-state index contributed by atoms with van der Waals surface area (Å²) in [7, 11) is 0. The van der Waals surface area contributed by atoms with Gasteiger partial charge in [-0.25, -0.2) is 9.97 Å². The third kappa shape index (κ3) is 4.77. The van der Waals surface area contributed by atoms with Crippen molar-refractivity contribution in [2.24, 2.45) is 0 Å². The number of H-pyrrole nitrogens is 1. The van der Waals surface area contributed by atoms with Gasteiger partial charge in [-0.3, -0.25) is 14.7 Å². The number of nitrogens with zero attached hydrogens (tertiary/aromatic N) is 4. The van der Waals surface area contributed by atoms with Crippen molar-refractivity contribution in [2.45, 2.75) is 33.2 Å². The number of carbonyl (C=O) groups is 1. The van der Waals surface area contributed by atoms with E-state index < -0.39 is 0 Å². The monoisotopic (exact) mass is 417 g/mol. The van der Waals surface area contributed by atoms with Crippen LogP contribution in [0.4, 0.5) is 11.8 Å². The lowest BCUT2D eigenvalue weighted by Gasteiger charge is -2.06. The summed E-state index contributed by atoms with van der Waals surface area (Å²) in [5.41, 5.74) is 2.69. The molecule has 0 unspecified atom stereocenters. The summed E-state index contributed by atoms with van der Waals surface area (Å²) >= 11 is 0. The minimum Gasteiger partial charge on any atom is -0.351 e. The van der Waals surface area contributed by atoms with Crippen LogP contribution in [0.2, 0.25) is 0 Å². The van der Waals surface area contributed by atoms with Crippen LogP contribution in [0.5, 0.6) is 0 Å². The van der Waals surface area contributed by atoms with Gasteiger partial charge in [-0.15, -0.1) is 0 Å². The quantitative estimate of drug-likeness (QED) is 0.426. The second-order valence-corrected chi connectivity index (χ2v) is 7.24. The van der Waals surface area contributed by atoms with Crippen LogP contribution in [-0.2, 0) is 17.8 Å². The summed E-state index contributed by atoms with van der Waals surface area (Å²) in [5, 5.41) is 8.86. The fourth-order valence-electron chi connectivity index (χ4n) is 3.26. The third-order valence-corrected chi connectivity index (χ3v) is 4.86. The molecular weight excluding hydrogens is 394 g/mol. The molecule has 0 aliphatic heterocycles. The van der Waals surface area contributed by atoms with Gasteiger partial charge in [0.25, 0.3) is 11.3 Å². The largest absolute Gasteiger partial charge is 0.351 e. The maximum atomic E-state index is 12.9. The van der Waals surface area contributed by atoms with E-state index in [1.807, 2.05) is 49.4 Å². The number of carbonyl (C=O) groups excluding carboxylic acids is 1. The molecule has 0 atom stereocenters. The Bertz CT molecular complexity index is 1280. The standard InChI is InChI=1S/C22H23N7O2/c1-14-7-6-10-18(24-14)26-19(30)12-11-17-15(2)25-22-27-21(28-29(22)20(17)31)23-13-16-8-4-3-5-9-16/h3-10H,11-13H2,1-2H3,(H,24,26,30)(H2,23,25,27,28). The van der Waals surface area contributed by atoms with Crippen molar-refractivity contribution in [3.63, 3.8) is 0 Å². The van der Waals surface area contributed by atoms with Gasteiger partial charge in [-0.2, -0.15) is 9.50 Å². The first-order valence-corrected chi connectivity index (χ1v) is 9.99. The third-order valence-electron chi connectivity index (χ3n) is 4.86. The van der Waals surface area contributed by atoms with E-state index in [0.29, 0.717) is 29.6 Å². The molecule has 31 heavy (non-hydrogen) atoms. The van der Waals surface area contributed by atoms with Gasteiger partial charge in [0.15, 0.2) is 0 Å². The Morgan fingerprint density at radius 3 is 2.61 bits per heavy atom. The lowest BCUT2D eigenvalue weighted by Crippen LogP contribution is -2.23. The molecule has 0 aliphatic carbocycles. The van der Waals surface area contributed by atoms with E-state index in [-0.39, 0.29) is 30.1 Å². The number of nitrogens with one attached hydrogen (secondary N) is 3. The lowest BCUT2D eigenvalue weighted by atomic mass is 10.1. The Balaban J connectivity index is 1.46. The number of fused-ring (bicyclic) bond motifs is 1. The van der Waals surface area contributed by atoms with E-state index in [1.54, 1.807) is 13.0 Å². The first-order chi connectivity index (χ1) is 15.0. The first-order valence-electron chi connectivity index (χ1n) is 9.99. The molecule has 0 saturated heterocycles. The van der Waals surface area contributed by atoms with Gasteiger partial charge in [0, 0.05) is 24.2 Å². The highest BCUT2D eigenvalue weighted by molar-refractivity contribution is 5.89. The highest BCUT2D eigenvalue weighted by Crippen LogP contribution is 2.10. The highest BCUT2D eigenvalue weighted by atomic mass is 16.1. The van der Waals surface area contributed by atoms with Crippen molar-refractivity contribution in [3.8, 4) is 0 Å². The number of aryl methyl sites for hydroxylation is 2. The zero-order chi connectivity index (χ0) is 21.8. The first kappa shape index (κ1) is 20.3. The van der Waals surface area contributed by atoms with Crippen LogP contribution in [0.15, 0.2) is 53.3 Å². The van der Waals surface area contributed by atoms with Crippen molar-refractivity contribution in [3.05, 3.63) is 81.4 Å². The summed E-state index contributed by atoms with van der Waals surface area (Å²) in [5.74, 6) is 1.02. The van der Waals surface area contributed by atoms with Crippen LogP contribution < -0.4 is 16.2 Å². The van der Waals surface area contributed by atoms with Crippen molar-refractivity contribution >= 4 is 23.5 Å². The molecule has 3 N–H and O–H groups in total. The molecule has 0 bridgehead atoms. The predicted octanol–water partition coefficient (Wildman–Crippen LogP) is 2.61. The Labute approximate surface area is 178 Å². The topological polar surface area (TPSA) is 117 Å². The van der Waals surface area contributed by atoms with Crippen LogP contribution in [0, 0.1) is 13.8 Å². The number of amides is 1. The summed E-state index contributed by atoms with van der Waals surface area (Å²) < 4.78 is 1.30. The highest BCUT2D eigenvalue weighted by Gasteiger charge is 2.15. The number of hydrogen-bond donors (Lipinski definition) is 3. The zero-order valence-corrected chi connectivity index (χ0v) is 17.3. The van der Waals surface area contributed by atoms with E-state index in [4.69, 9.17) is 0 Å². The number of hydrogen-bond acceptors (Lipinski definition) is 6. The molecule has 3 aromatic heterocycles. The molecule has 0 fully saturated rings. The van der Waals surface area contributed by atoms with Crippen molar-refractivity contribution < 1.29 is 4.79 Å². The Kier molecular flexibility index (Phi) is 5.74. The molecule has 1 aromatic carbocycles. The van der Waals surface area contributed by atoms with Gasteiger partial charge in [0.05, 0.1) is 5.69 Å². The van der Waals surface area contributed by atoms with Gasteiger partial charge < -0.3 is 10.6 Å². The number of rotatable bonds is 7. The van der Waals surface area contributed by atoms with Crippen molar-refractivity contribution in [2.75, 3.05) is 10.6 Å². The summed E-state index contributed by atoms with van der Waals surface area (Å²) in [6.07, 6.45) is 0.413. The molecule has 158 valence electrons. The summed E-state index contributed by atoms with van der Waals surface area (Å²) in [6, 6.07) is 15.3. The van der Waals surface area contributed by atoms with Gasteiger partial charge in [-0.1, -0.05) is 36.4 Å². The minimum atomic E-state index is -0.260. The van der Waals surface area contributed by atoms with Gasteiger partial charge in [0.1, 0.15) is 5.82 Å². The molecule has 1 amide bonds. The van der Waals surface area contributed by atoms with Crippen LogP contribution in [0.1, 0.15) is 28.9 Å². The number of anilines is 2. The Hall–Kier alpha value is -4.01. The molecule has 3 heterocycles. The number of pyridine rings is 1. The van der Waals surface area contributed by atoms with Gasteiger partial charge in [0.2, 0.25) is 11.9 Å². The molecule has 0 radical (unpaired) electrons. The van der Waals surface area contributed by atoms with E-state index in [0.717, 1.165) is 11.3 Å². The van der Waals surface area contributed by atoms with Crippen LogP contribution in [-0.4, -0.2) is 30.5 Å². The van der Waals surface area contributed by atoms with Crippen LogP contribution >= 0.6 is 0 Å². The van der Waals surface area contributed by atoms with Crippen LogP contribution in [0.3, 0.4) is 0 Å². The smallest absolute Gasteiger partial charge is 0.277 e. The normalized spacial score (nSPS) is 10.9. The molecule has 4 rings (SSSR count). The van der Waals surface area contributed by atoms with E-state index >= 15 is 0 Å². The second-order valence-electron chi connectivity index (χ2n) is 7.24.